The first-order valence-corrected chi connectivity index (χ1v) is 4.37. The van der Waals surface area contributed by atoms with Crippen LogP contribution in [0.4, 0.5) is 0 Å². The van der Waals surface area contributed by atoms with E-state index in [-0.39, 0.29) is 6.17 Å². The minimum absolute atomic E-state index is 0.136. The summed E-state index contributed by atoms with van der Waals surface area (Å²) in [5.74, 6) is 0.575. The van der Waals surface area contributed by atoms with Crippen molar-refractivity contribution in [2.75, 3.05) is 7.05 Å². The fraction of sp³-hybridized carbons (Fsp3) is 0.286. The molecule has 0 spiro atoms. The molecule has 0 bridgehead atoms. The number of hydrogen-bond acceptors (Lipinski definition) is 4. The molecule has 0 amide bonds. The molecule has 2 rings (SSSR count). The highest BCUT2D eigenvalue weighted by Gasteiger charge is 2.29. The average molecular weight is 229 g/mol. The van der Waals surface area contributed by atoms with Crippen molar-refractivity contribution in [1.29, 1.82) is 0 Å². The van der Waals surface area contributed by atoms with Crippen LogP contribution < -0.4 is 11.1 Å². The van der Waals surface area contributed by atoms with Crippen LogP contribution in [0, 0.1) is 0 Å². The highest BCUT2D eigenvalue weighted by Crippen LogP contribution is 2.31. The molecule has 2 heterocycles. The second kappa shape index (κ2) is 2.52. The van der Waals surface area contributed by atoms with Gasteiger partial charge in [0.1, 0.15) is 12.0 Å². The van der Waals surface area contributed by atoms with E-state index < -0.39 is 0 Å². The topological polar surface area (TPSA) is 53.6 Å². The predicted octanol–water partition coefficient (Wildman–Crippen LogP) is 0.296. The minimum atomic E-state index is 0.136. The largest absolute Gasteiger partial charge is 0.383 e. The van der Waals surface area contributed by atoms with Crippen molar-refractivity contribution in [2.45, 2.75) is 6.17 Å². The Kier molecular flexibility index (Phi) is 1.61. The molecule has 0 aromatic heterocycles. The fourth-order valence-corrected chi connectivity index (χ4v) is 2.11. The molecule has 1 atom stereocenters. The summed E-state index contributed by atoms with van der Waals surface area (Å²) in [6.07, 6.45) is 3.74. The Morgan fingerprint density at radius 2 is 2.50 bits per heavy atom. The smallest absolute Gasteiger partial charge is 0.133 e. The molecule has 4 nitrogen and oxygen atoms in total. The summed E-state index contributed by atoms with van der Waals surface area (Å²) < 4.78 is 0.997. The minimum Gasteiger partial charge on any atom is -0.383 e. The molecule has 12 heavy (non-hydrogen) atoms. The van der Waals surface area contributed by atoms with Crippen molar-refractivity contribution in [3.05, 3.63) is 22.1 Å². The lowest BCUT2D eigenvalue weighted by Crippen LogP contribution is -2.41. The molecule has 0 saturated carbocycles. The lowest BCUT2D eigenvalue weighted by atomic mass is 10.2. The van der Waals surface area contributed by atoms with Crippen molar-refractivity contribution < 1.29 is 0 Å². The van der Waals surface area contributed by atoms with E-state index in [9.17, 15) is 0 Å². The Bertz CT molecular complexity index is 305. The summed E-state index contributed by atoms with van der Waals surface area (Å²) in [6.45, 7) is 0. The number of aliphatic imine (C=N–C) groups is 1. The van der Waals surface area contributed by atoms with Crippen LogP contribution in [-0.4, -0.2) is 24.5 Å². The Labute approximate surface area is 79.0 Å². The van der Waals surface area contributed by atoms with Crippen LogP contribution >= 0.6 is 15.9 Å². The molecule has 0 fully saturated rings. The van der Waals surface area contributed by atoms with Crippen LogP contribution in [0.1, 0.15) is 0 Å². The van der Waals surface area contributed by atoms with Crippen LogP contribution in [0.5, 0.6) is 0 Å². The average Bonchev–Trinajstić information content (AvgIpc) is 2.29. The van der Waals surface area contributed by atoms with E-state index in [1.165, 1.54) is 0 Å². The molecule has 2 aliphatic heterocycles. The zero-order valence-electron chi connectivity index (χ0n) is 6.58. The molecule has 64 valence electrons. The maximum atomic E-state index is 5.72. The zero-order chi connectivity index (χ0) is 8.72. The number of rotatable bonds is 0. The van der Waals surface area contributed by atoms with Gasteiger partial charge in [0.2, 0.25) is 0 Å². The van der Waals surface area contributed by atoms with Crippen LogP contribution in [0.2, 0.25) is 0 Å². The van der Waals surface area contributed by atoms with E-state index in [1.54, 1.807) is 6.34 Å². The third-order valence-corrected chi connectivity index (χ3v) is 2.60. The van der Waals surface area contributed by atoms with Crippen LogP contribution in [0.3, 0.4) is 0 Å². The highest BCUT2D eigenvalue weighted by atomic mass is 79.9. The second-order valence-electron chi connectivity index (χ2n) is 2.77. The number of nitrogens with two attached hydrogens (primary N) is 1. The predicted molar refractivity (Wildman–Crippen MR) is 51.4 cm³/mol. The lowest BCUT2D eigenvalue weighted by molar-refractivity contribution is 0.371. The van der Waals surface area contributed by atoms with Gasteiger partial charge in [0.15, 0.2) is 0 Å². The Hall–Kier alpha value is -0.970. The number of fused-ring (bicyclic) bond motifs is 1. The third kappa shape index (κ3) is 0.929. The number of likely N-dealkylation sites (N-methyl/N-ethyl adjacent to an activating group) is 1. The van der Waals surface area contributed by atoms with Gasteiger partial charge in [-0.25, -0.2) is 4.99 Å². The molecule has 0 aromatic carbocycles. The fourth-order valence-electron chi connectivity index (χ4n) is 1.37. The summed E-state index contributed by atoms with van der Waals surface area (Å²) in [6, 6.07) is 0. The van der Waals surface area contributed by atoms with Gasteiger partial charge in [-0.15, -0.1) is 0 Å². The summed E-state index contributed by atoms with van der Waals surface area (Å²) in [5, 5.41) is 3.11. The van der Waals surface area contributed by atoms with Crippen LogP contribution in [0.25, 0.3) is 0 Å². The van der Waals surface area contributed by atoms with E-state index in [0.29, 0.717) is 5.82 Å². The summed E-state index contributed by atoms with van der Waals surface area (Å²) in [5.41, 5.74) is 6.73. The van der Waals surface area contributed by atoms with Crippen molar-refractivity contribution >= 4 is 22.3 Å². The van der Waals surface area contributed by atoms with E-state index >= 15 is 0 Å². The van der Waals surface area contributed by atoms with Gasteiger partial charge in [0, 0.05) is 17.7 Å². The molecule has 1 unspecified atom stereocenters. The van der Waals surface area contributed by atoms with Gasteiger partial charge >= 0.3 is 0 Å². The Balaban J connectivity index is 2.46. The Morgan fingerprint density at radius 3 is 3.17 bits per heavy atom. The first-order chi connectivity index (χ1) is 5.70. The maximum Gasteiger partial charge on any atom is 0.133 e. The third-order valence-electron chi connectivity index (χ3n) is 1.97. The Morgan fingerprint density at radius 1 is 1.75 bits per heavy atom. The van der Waals surface area contributed by atoms with Gasteiger partial charge < -0.3 is 16.0 Å². The lowest BCUT2D eigenvalue weighted by Gasteiger charge is -2.24. The number of hydrogen-bond donors (Lipinski definition) is 2. The number of nitrogens with zero attached hydrogens (tertiary/aromatic N) is 2. The first kappa shape index (κ1) is 7.67. The van der Waals surface area contributed by atoms with Gasteiger partial charge in [-0.05, 0) is 15.9 Å². The second-order valence-corrected chi connectivity index (χ2v) is 3.62. The van der Waals surface area contributed by atoms with Crippen molar-refractivity contribution in [2.24, 2.45) is 10.7 Å². The van der Waals surface area contributed by atoms with Gasteiger partial charge in [0.25, 0.3) is 0 Å². The van der Waals surface area contributed by atoms with Crippen LogP contribution in [-0.2, 0) is 0 Å². The van der Waals surface area contributed by atoms with Crippen molar-refractivity contribution in [1.82, 2.24) is 10.2 Å². The molecular formula is C7H9BrN4. The summed E-state index contributed by atoms with van der Waals surface area (Å²) in [4.78, 5) is 6.02. The zero-order valence-corrected chi connectivity index (χ0v) is 8.17. The van der Waals surface area contributed by atoms with Crippen LogP contribution in [0.15, 0.2) is 27.1 Å². The summed E-state index contributed by atoms with van der Waals surface area (Å²) >= 11 is 3.43. The van der Waals surface area contributed by atoms with Crippen molar-refractivity contribution in [3.63, 3.8) is 0 Å². The molecular weight excluding hydrogens is 220 g/mol. The van der Waals surface area contributed by atoms with E-state index in [2.05, 4.69) is 26.2 Å². The maximum absolute atomic E-state index is 5.72. The molecule has 0 saturated heterocycles. The highest BCUT2D eigenvalue weighted by molar-refractivity contribution is 9.12. The molecule has 2 aliphatic rings. The molecule has 5 heteroatoms. The van der Waals surface area contributed by atoms with Gasteiger partial charge in [-0.1, -0.05) is 0 Å². The van der Waals surface area contributed by atoms with Gasteiger partial charge in [0.05, 0.1) is 11.9 Å². The normalized spacial score (nSPS) is 27.0. The number of nitrogens with one attached hydrogen (secondary N) is 1. The van der Waals surface area contributed by atoms with Crippen molar-refractivity contribution in [3.8, 4) is 0 Å². The SMILES string of the molecule is CN1C=C(Br)C2=C(N)N=CNC21. The number of halogens is 1. The molecule has 0 radical (unpaired) electrons. The molecule has 0 aliphatic carbocycles. The van der Waals surface area contributed by atoms with E-state index in [4.69, 9.17) is 5.73 Å². The monoisotopic (exact) mass is 228 g/mol. The van der Waals surface area contributed by atoms with E-state index in [0.717, 1.165) is 10.1 Å². The standard InChI is InChI=1S/C7H9BrN4/c1-12-2-4(8)5-6(9)10-3-11-7(5)12/h2-3,7H,9H2,1H3,(H,10,11). The summed E-state index contributed by atoms with van der Waals surface area (Å²) in [7, 11) is 1.98. The first-order valence-electron chi connectivity index (χ1n) is 3.58. The van der Waals surface area contributed by atoms with Gasteiger partial charge in [-0.3, -0.25) is 0 Å². The molecule has 0 aromatic rings. The van der Waals surface area contributed by atoms with Gasteiger partial charge in [-0.2, -0.15) is 0 Å². The molecule has 3 N–H and O–H groups in total. The van der Waals surface area contributed by atoms with E-state index in [1.807, 2.05) is 18.1 Å². The quantitative estimate of drug-likeness (QED) is 0.628.